The number of hydrogen-bond acceptors (Lipinski definition) is 8. The molecule has 1 saturated carbocycles. The quantitative estimate of drug-likeness (QED) is 0.480. The summed E-state index contributed by atoms with van der Waals surface area (Å²) in [5, 5.41) is 8.56. The number of nitrogens with zero attached hydrogens (tertiary/aromatic N) is 7. The third-order valence-corrected chi connectivity index (χ3v) is 6.14. The van der Waals surface area contributed by atoms with E-state index in [1.165, 1.54) is 4.90 Å². The first-order valence-corrected chi connectivity index (χ1v) is 10.7. The van der Waals surface area contributed by atoms with Gasteiger partial charge in [0, 0.05) is 25.9 Å². The van der Waals surface area contributed by atoms with Gasteiger partial charge in [0.2, 0.25) is 5.91 Å². The zero-order chi connectivity index (χ0) is 23.0. The lowest BCUT2D eigenvalue weighted by molar-refractivity contribution is -0.129. The number of carbonyl (C=O) groups is 1. The van der Waals surface area contributed by atoms with Gasteiger partial charge >= 0.3 is 0 Å². The van der Waals surface area contributed by atoms with E-state index in [0.29, 0.717) is 23.1 Å². The predicted octanol–water partition coefficient (Wildman–Crippen LogP) is 2.53. The summed E-state index contributed by atoms with van der Waals surface area (Å²) in [6.45, 7) is 0.155. The van der Waals surface area contributed by atoms with Crippen LogP contribution in [-0.2, 0) is 16.8 Å². The van der Waals surface area contributed by atoms with Gasteiger partial charge in [0.1, 0.15) is 12.4 Å². The predicted molar refractivity (Wildman–Crippen MR) is 121 cm³/mol. The molecule has 1 aliphatic rings. The van der Waals surface area contributed by atoms with Crippen LogP contribution in [0.1, 0.15) is 30.7 Å². The summed E-state index contributed by atoms with van der Waals surface area (Å²) in [5.41, 5.74) is 8.92. The van der Waals surface area contributed by atoms with Crippen molar-refractivity contribution in [3.8, 4) is 22.7 Å². The minimum atomic E-state index is -0.274. The van der Waals surface area contributed by atoms with Crippen molar-refractivity contribution in [2.75, 3.05) is 19.8 Å². The lowest BCUT2D eigenvalue weighted by Gasteiger charge is -2.39. The van der Waals surface area contributed by atoms with E-state index in [0.717, 1.165) is 36.1 Å². The highest BCUT2D eigenvalue weighted by molar-refractivity contribution is 5.75. The van der Waals surface area contributed by atoms with Crippen molar-refractivity contribution in [3.05, 3.63) is 60.4 Å². The number of nitrogen functional groups attached to an aromatic ring is 1. The van der Waals surface area contributed by atoms with Gasteiger partial charge in [-0.1, -0.05) is 35.8 Å². The zero-order valence-corrected chi connectivity index (χ0v) is 18.5. The van der Waals surface area contributed by atoms with Crippen LogP contribution in [0.4, 0.5) is 5.82 Å². The van der Waals surface area contributed by atoms with E-state index in [1.54, 1.807) is 43.6 Å². The second kappa shape index (κ2) is 8.12. The SMILES string of the molecule is CN(C)C(=O)Cn1cc(-c2nc(C3(c4ccc(-c5cnc(N)cn5)cc4)CCC3)no2)cn1. The Morgan fingerprint density at radius 3 is 2.55 bits per heavy atom. The first-order valence-electron chi connectivity index (χ1n) is 10.7. The van der Waals surface area contributed by atoms with Crippen LogP contribution in [0.5, 0.6) is 0 Å². The molecule has 3 heterocycles. The first-order chi connectivity index (χ1) is 15.9. The standard InChI is InChI=1S/C23H24N8O2/c1-30(2)20(32)14-31-13-16(10-27-31)21-28-22(29-33-21)23(8-3-9-23)17-6-4-15(5-7-17)18-11-26-19(24)12-25-18/h4-7,10-13H,3,8-9,14H2,1-2H3,(H2,24,26). The Hall–Kier alpha value is -4.08. The van der Waals surface area contributed by atoms with E-state index in [1.807, 2.05) is 12.1 Å². The van der Waals surface area contributed by atoms with Gasteiger partial charge in [-0.2, -0.15) is 10.1 Å². The zero-order valence-electron chi connectivity index (χ0n) is 18.5. The molecule has 168 valence electrons. The molecule has 1 fully saturated rings. The van der Waals surface area contributed by atoms with Crippen LogP contribution < -0.4 is 5.73 Å². The highest BCUT2D eigenvalue weighted by Gasteiger charge is 2.44. The molecule has 2 N–H and O–H groups in total. The number of likely N-dealkylation sites (N-methyl/N-ethyl adjacent to an activating group) is 1. The molecule has 0 radical (unpaired) electrons. The van der Waals surface area contributed by atoms with Crippen molar-refractivity contribution in [2.24, 2.45) is 0 Å². The van der Waals surface area contributed by atoms with E-state index in [4.69, 9.17) is 15.2 Å². The summed E-state index contributed by atoms with van der Waals surface area (Å²) in [5.74, 6) is 1.42. The van der Waals surface area contributed by atoms with E-state index in [2.05, 4.69) is 32.4 Å². The van der Waals surface area contributed by atoms with Crippen LogP contribution in [0.15, 0.2) is 53.6 Å². The van der Waals surface area contributed by atoms with Crippen LogP contribution in [0, 0.1) is 0 Å². The number of hydrogen-bond donors (Lipinski definition) is 1. The van der Waals surface area contributed by atoms with Gasteiger partial charge in [-0.25, -0.2) is 4.98 Å². The molecule has 10 nitrogen and oxygen atoms in total. The highest BCUT2D eigenvalue weighted by Crippen LogP contribution is 2.48. The third kappa shape index (κ3) is 3.84. The molecule has 1 aromatic carbocycles. The Labute approximate surface area is 190 Å². The van der Waals surface area contributed by atoms with Crippen molar-refractivity contribution in [3.63, 3.8) is 0 Å². The van der Waals surface area contributed by atoms with Gasteiger partial charge in [0.25, 0.3) is 5.89 Å². The van der Waals surface area contributed by atoms with Crippen molar-refractivity contribution < 1.29 is 9.32 Å². The van der Waals surface area contributed by atoms with Gasteiger partial charge in [0.15, 0.2) is 5.82 Å². The maximum atomic E-state index is 11.9. The summed E-state index contributed by atoms with van der Waals surface area (Å²) in [6, 6.07) is 8.24. The topological polar surface area (TPSA) is 129 Å². The van der Waals surface area contributed by atoms with Gasteiger partial charge in [-0.05, 0) is 18.4 Å². The van der Waals surface area contributed by atoms with Gasteiger partial charge in [0.05, 0.1) is 35.3 Å². The smallest absolute Gasteiger partial charge is 0.261 e. The second-order valence-electron chi connectivity index (χ2n) is 8.48. The minimum absolute atomic E-state index is 0.0438. The van der Waals surface area contributed by atoms with Gasteiger partial charge < -0.3 is 15.2 Å². The average Bonchev–Trinajstić information content (AvgIpc) is 3.44. The normalized spacial score (nSPS) is 14.6. The van der Waals surface area contributed by atoms with Crippen molar-refractivity contribution in [2.45, 2.75) is 31.2 Å². The molecule has 0 saturated heterocycles. The second-order valence-corrected chi connectivity index (χ2v) is 8.48. The van der Waals surface area contributed by atoms with Gasteiger partial charge in [-0.3, -0.25) is 14.5 Å². The molecular formula is C23H24N8O2. The van der Waals surface area contributed by atoms with Crippen LogP contribution in [-0.4, -0.2) is 54.8 Å². The van der Waals surface area contributed by atoms with Crippen molar-refractivity contribution in [1.29, 1.82) is 0 Å². The Morgan fingerprint density at radius 2 is 1.91 bits per heavy atom. The van der Waals surface area contributed by atoms with E-state index in [-0.39, 0.29) is 17.9 Å². The molecule has 5 rings (SSSR count). The Morgan fingerprint density at radius 1 is 1.12 bits per heavy atom. The lowest BCUT2D eigenvalue weighted by atomic mass is 9.64. The fourth-order valence-corrected chi connectivity index (χ4v) is 3.99. The Kier molecular flexibility index (Phi) is 5.12. The molecule has 3 aromatic heterocycles. The summed E-state index contributed by atoms with van der Waals surface area (Å²) < 4.78 is 7.15. The molecular weight excluding hydrogens is 420 g/mol. The van der Waals surface area contributed by atoms with Crippen LogP contribution >= 0.6 is 0 Å². The number of rotatable bonds is 6. The van der Waals surface area contributed by atoms with Crippen LogP contribution in [0.25, 0.3) is 22.7 Å². The first kappa shape index (κ1) is 20.8. The Balaban J connectivity index is 1.38. The van der Waals surface area contributed by atoms with E-state index < -0.39 is 0 Å². The maximum absolute atomic E-state index is 11.9. The number of benzene rings is 1. The van der Waals surface area contributed by atoms with Crippen molar-refractivity contribution in [1.82, 2.24) is 34.8 Å². The molecule has 1 aliphatic carbocycles. The molecule has 1 amide bonds. The van der Waals surface area contributed by atoms with E-state index in [9.17, 15) is 4.79 Å². The van der Waals surface area contributed by atoms with Crippen LogP contribution in [0.3, 0.4) is 0 Å². The molecule has 4 aromatic rings. The number of aromatic nitrogens is 6. The fraction of sp³-hybridized carbons (Fsp3) is 0.304. The number of nitrogens with two attached hydrogens (primary N) is 1. The number of amides is 1. The van der Waals surface area contributed by atoms with E-state index >= 15 is 0 Å². The summed E-state index contributed by atoms with van der Waals surface area (Å²) in [4.78, 5) is 26.6. The summed E-state index contributed by atoms with van der Waals surface area (Å²) >= 11 is 0. The average molecular weight is 444 g/mol. The number of anilines is 1. The summed E-state index contributed by atoms with van der Waals surface area (Å²) in [6.07, 6.45) is 9.59. The molecule has 10 heteroatoms. The molecule has 0 bridgehead atoms. The summed E-state index contributed by atoms with van der Waals surface area (Å²) in [7, 11) is 3.43. The highest BCUT2D eigenvalue weighted by atomic mass is 16.5. The van der Waals surface area contributed by atoms with Gasteiger partial charge in [-0.15, -0.1) is 0 Å². The Bertz CT molecular complexity index is 1270. The van der Waals surface area contributed by atoms with Crippen molar-refractivity contribution >= 4 is 11.7 Å². The maximum Gasteiger partial charge on any atom is 0.261 e. The largest absolute Gasteiger partial charge is 0.382 e. The number of carbonyl (C=O) groups excluding carboxylic acids is 1. The molecule has 0 aliphatic heterocycles. The lowest BCUT2D eigenvalue weighted by Crippen LogP contribution is -2.36. The molecule has 0 spiro atoms. The minimum Gasteiger partial charge on any atom is -0.382 e. The fourth-order valence-electron chi connectivity index (χ4n) is 3.99. The molecule has 33 heavy (non-hydrogen) atoms. The molecule has 0 unspecified atom stereocenters. The molecule has 0 atom stereocenters. The monoisotopic (exact) mass is 444 g/mol. The van der Waals surface area contributed by atoms with Crippen LogP contribution in [0.2, 0.25) is 0 Å². The third-order valence-electron chi connectivity index (χ3n) is 6.14.